The molecule has 4 aromatic rings. The Bertz CT molecular complexity index is 1300. The topological polar surface area (TPSA) is 59.9 Å². The second-order valence-corrected chi connectivity index (χ2v) is 8.52. The number of carbonyl (C=O) groups is 1. The van der Waals surface area contributed by atoms with Gasteiger partial charge in [0.2, 0.25) is 5.91 Å². The van der Waals surface area contributed by atoms with Crippen LogP contribution in [0.25, 0.3) is 10.8 Å². The zero-order valence-electron chi connectivity index (χ0n) is 18.8. The van der Waals surface area contributed by atoms with Crippen LogP contribution in [0.2, 0.25) is 0 Å². The van der Waals surface area contributed by atoms with Crippen LogP contribution >= 0.6 is 15.9 Å². The molecule has 0 fully saturated rings. The number of rotatable bonds is 9. The van der Waals surface area contributed by atoms with Gasteiger partial charge >= 0.3 is 0 Å². The molecule has 0 saturated carbocycles. The van der Waals surface area contributed by atoms with Crippen LogP contribution in [0.1, 0.15) is 23.6 Å². The molecule has 0 aromatic heterocycles. The van der Waals surface area contributed by atoms with Crippen molar-refractivity contribution in [3.05, 3.63) is 106 Å². The van der Waals surface area contributed by atoms with Crippen molar-refractivity contribution in [3.63, 3.8) is 0 Å². The molecule has 4 rings (SSSR count). The molecule has 1 amide bonds. The first-order chi connectivity index (χ1) is 16.6. The highest BCUT2D eigenvalue weighted by molar-refractivity contribution is 9.10. The Morgan fingerprint density at radius 2 is 1.76 bits per heavy atom. The van der Waals surface area contributed by atoms with E-state index >= 15 is 0 Å². The highest BCUT2D eigenvalue weighted by Crippen LogP contribution is 2.27. The van der Waals surface area contributed by atoms with E-state index in [2.05, 4.69) is 50.7 Å². The fraction of sp³-hybridized carbons (Fsp3) is 0.143. The summed E-state index contributed by atoms with van der Waals surface area (Å²) in [5.41, 5.74) is 5.43. The Morgan fingerprint density at radius 3 is 2.56 bits per heavy atom. The van der Waals surface area contributed by atoms with E-state index in [1.807, 2.05) is 67.6 Å². The van der Waals surface area contributed by atoms with Crippen LogP contribution in [0.3, 0.4) is 0 Å². The van der Waals surface area contributed by atoms with Crippen LogP contribution in [0.15, 0.2) is 94.5 Å². The molecule has 0 aliphatic carbocycles. The fourth-order valence-corrected chi connectivity index (χ4v) is 4.07. The molecule has 0 saturated heterocycles. The summed E-state index contributed by atoms with van der Waals surface area (Å²) in [6.45, 7) is 3.02. The molecule has 0 unspecified atom stereocenters. The average molecular weight is 517 g/mol. The summed E-state index contributed by atoms with van der Waals surface area (Å²) >= 11 is 3.57. The summed E-state index contributed by atoms with van der Waals surface area (Å²) in [6.07, 6.45) is 1.85. The van der Waals surface area contributed by atoms with Crippen molar-refractivity contribution in [3.8, 4) is 11.5 Å². The van der Waals surface area contributed by atoms with Crippen molar-refractivity contribution >= 4 is 38.8 Å². The number of ether oxygens (including phenoxy) is 2. The maximum atomic E-state index is 12.2. The van der Waals surface area contributed by atoms with Gasteiger partial charge in [-0.05, 0) is 80.6 Å². The first-order valence-corrected chi connectivity index (χ1v) is 11.8. The lowest BCUT2D eigenvalue weighted by molar-refractivity contribution is -0.120. The second kappa shape index (κ2) is 11.5. The number of halogens is 1. The lowest BCUT2D eigenvalue weighted by Gasteiger charge is -2.11. The predicted molar refractivity (Wildman–Crippen MR) is 139 cm³/mol. The molecule has 172 valence electrons. The van der Waals surface area contributed by atoms with Crippen molar-refractivity contribution in [1.82, 2.24) is 5.43 Å². The number of fused-ring (bicyclic) bond motifs is 1. The van der Waals surface area contributed by atoms with E-state index < -0.39 is 0 Å². The van der Waals surface area contributed by atoms with Gasteiger partial charge < -0.3 is 9.47 Å². The van der Waals surface area contributed by atoms with Gasteiger partial charge in [0, 0.05) is 0 Å². The lowest BCUT2D eigenvalue weighted by atomic mass is 10.1. The number of benzene rings is 4. The first-order valence-electron chi connectivity index (χ1n) is 11.0. The van der Waals surface area contributed by atoms with Crippen molar-refractivity contribution in [2.45, 2.75) is 20.0 Å². The van der Waals surface area contributed by atoms with Crippen LogP contribution < -0.4 is 14.9 Å². The summed E-state index contributed by atoms with van der Waals surface area (Å²) in [5.74, 6) is 1.35. The minimum Gasteiger partial charge on any atom is -0.494 e. The van der Waals surface area contributed by atoms with Crippen LogP contribution in [-0.2, 0) is 17.8 Å². The van der Waals surface area contributed by atoms with Gasteiger partial charge in [0.15, 0.2) is 0 Å². The van der Waals surface area contributed by atoms with Gasteiger partial charge in [-0.15, -0.1) is 0 Å². The first kappa shape index (κ1) is 23.5. The number of hydrazone groups is 1. The third-order valence-electron chi connectivity index (χ3n) is 5.22. The zero-order valence-corrected chi connectivity index (χ0v) is 20.4. The van der Waals surface area contributed by atoms with Gasteiger partial charge in [0.1, 0.15) is 18.1 Å². The van der Waals surface area contributed by atoms with E-state index in [4.69, 9.17) is 9.47 Å². The third kappa shape index (κ3) is 6.23. The molecule has 0 spiro atoms. The Morgan fingerprint density at radius 1 is 0.971 bits per heavy atom. The summed E-state index contributed by atoms with van der Waals surface area (Å²) in [6, 6.07) is 27.6. The van der Waals surface area contributed by atoms with Gasteiger partial charge in [-0.3, -0.25) is 4.79 Å². The van der Waals surface area contributed by atoms with Crippen molar-refractivity contribution in [2.75, 3.05) is 6.61 Å². The number of amides is 1. The molecule has 1 N–H and O–H groups in total. The van der Waals surface area contributed by atoms with Crippen LogP contribution in [-0.4, -0.2) is 18.7 Å². The minimum absolute atomic E-state index is 0.186. The molecule has 0 radical (unpaired) electrons. The number of carbonyl (C=O) groups excluding carboxylic acids is 1. The van der Waals surface area contributed by atoms with Gasteiger partial charge in [0.25, 0.3) is 0 Å². The molecule has 0 atom stereocenters. The van der Waals surface area contributed by atoms with Crippen molar-refractivity contribution < 1.29 is 14.3 Å². The summed E-state index contributed by atoms with van der Waals surface area (Å²) < 4.78 is 12.3. The predicted octanol–water partition coefficient (Wildman–Crippen LogP) is 6.27. The number of nitrogens with zero attached hydrogens (tertiary/aromatic N) is 1. The molecule has 0 bridgehead atoms. The Labute approximate surface area is 207 Å². The quantitative estimate of drug-likeness (QED) is 0.210. The molecule has 0 heterocycles. The molecule has 6 heteroatoms. The minimum atomic E-state index is -0.186. The van der Waals surface area contributed by atoms with Crippen molar-refractivity contribution in [1.29, 1.82) is 0 Å². The van der Waals surface area contributed by atoms with E-state index in [-0.39, 0.29) is 12.3 Å². The zero-order chi connectivity index (χ0) is 23.8. The van der Waals surface area contributed by atoms with Crippen LogP contribution in [0.5, 0.6) is 11.5 Å². The van der Waals surface area contributed by atoms with E-state index in [0.717, 1.165) is 32.7 Å². The maximum Gasteiger partial charge on any atom is 0.244 e. The number of hydrogen-bond donors (Lipinski definition) is 1. The van der Waals surface area contributed by atoms with Crippen LogP contribution in [0, 0.1) is 0 Å². The number of nitrogens with one attached hydrogen (secondary N) is 1. The molecule has 0 aliphatic heterocycles. The van der Waals surface area contributed by atoms with E-state index in [1.54, 1.807) is 6.21 Å². The Kier molecular flexibility index (Phi) is 7.94. The second-order valence-electron chi connectivity index (χ2n) is 7.66. The highest BCUT2D eigenvalue weighted by Gasteiger charge is 2.06. The average Bonchev–Trinajstić information content (AvgIpc) is 2.85. The molecular weight excluding hydrogens is 492 g/mol. The molecule has 0 aliphatic rings. The SMILES string of the molecule is CCOc1ccc(CC(=O)N/N=C/c2ccc(OCc3cccc4ccccc34)c(Br)c2)cc1. The molecular formula is C28H25BrN2O3. The molecule has 34 heavy (non-hydrogen) atoms. The normalized spacial score (nSPS) is 11.0. The third-order valence-corrected chi connectivity index (χ3v) is 5.84. The standard InChI is InChI=1S/C28H25BrN2O3/c1-2-33-24-13-10-20(11-14-24)17-28(32)31-30-18-21-12-15-27(26(29)16-21)34-19-23-8-5-7-22-6-3-4-9-25(22)23/h3-16,18H,2,17,19H2,1H3,(H,31,32)/b30-18+. The largest absolute Gasteiger partial charge is 0.494 e. The Balaban J connectivity index is 1.31. The maximum absolute atomic E-state index is 12.2. The van der Waals surface area contributed by atoms with E-state index in [1.165, 1.54) is 10.8 Å². The van der Waals surface area contributed by atoms with E-state index in [9.17, 15) is 4.79 Å². The Hall–Kier alpha value is -3.64. The monoisotopic (exact) mass is 516 g/mol. The summed E-state index contributed by atoms with van der Waals surface area (Å²) in [4.78, 5) is 12.2. The van der Waals surface area contributed by atoms with Gasteiger partial charge in [-0.1, -0.05) is 54.6 Å². The number of hydrogen-bond acceptors (Lipinski definition) is 4. The summed E-state index contributed by atoms with van der Waals surface area (Å²) in [7, 11) is 0. The lowest BCUT2D eigenvalue weighted by Crippen LogP contribution is -2.19. The highest BCUT2D eigenvalue weighted by atomic mass is 79.9. The summed E-state index contributed by atoms with van der Waals surface area (Å²) in [5, 5.41) is 6.45. The molecule has 5 nitrogen and oxygen atoms in total. The van der Waals surface area contributed by atoms with Crippen molar-refractivity contribution in [2.24, 2.45) is 5.10 Å². The van der Waals surface area contributed by atoms with E-state index in [0.29, 0.717) is 13.2 Å². The van der Waals surface area contributed by atoms with Crippen LogP contribution in [0.4, 0.5) is 0 Å². The smallest absolute Gasteiger partial charge is 0.244 e. The van der Waals surface area contributed by atoms with Gasteiger partial charge in [-0.25, -0.2) is 5.43 Å². The fourth-order valence-electron chi connectivity index (χ4n) is 3.56. The molecule has 4 aromatic carbocycles. The van der Waals surface area contributed by atoms with Gasteiger partial charge in [0.05, 0.1) is 23.7 Å². The van der Waals surface area contributed by atoms with Gasteiger partial charge in [-0.2, -0.15) is 5.10 Å².